The molecule has 3 aromatic carbocycles. The Morgan fingerprint density at radius 2 is 0.875 bits per heavy atom. The van der Waals surface area contributed by atoms with Crippen molar-refractivity contribution in [2.75, 3.05) is 0 Å². The lowest BCUT2D eigenvalue weighted by molar-refractivity contribution is 0.760. The zero-order valence-electron chi connectivity index (χ0n) is 12.6. The highest BCUT2D eigenvalue weighted by Gasteiger charge is 2.13. The number of benzene rings is 3. The van der Waals surface area contributed by atoms with Crippen LogP contribution in [0.2, 0.25) is 0 Å². The molecule has 24 heavy (non-hydrogen) atoms. The third-order valence-corrected chi connectivity index (χ3v) is 3.88. The fourth-order valence-electron chi connectivity index (χ4n) is 2.71. The van der Waals surface area contributed by atoms with Gasteiger partial charge in [-0.3, -0.25) is 0 Å². The molecule has 0 saturated carbocycles. The Morgan fingerprint density at radius 3 is 1.29 bits per heavy atom. The molecule has 5 rings (SSSR count). The second-order valence-corrected chi connectivity index (χ2v) is 5.45. The minimum absolute atomic E-state index is 0.749. The highest BCUT2D eigenvalue weighted by atomic mass is 15.5. The van der Waals surface area contributed by atoms with Crippen LogP contribution in [0.4, 0.5) is 0 Å². The van der Waals surface area contributed by atoms with Crippen LogP contribution in [0.1, 0.15) is 0 Å². The Hall–Kier alpha value is -3.54. The van der Waals surface area contributed by atoms with Gasteiger partial charge < -0.3 is 0 Å². The molecular weight excluding hydrogens is 300 g/mol. The summed E-state index contributed by atoms with van der Waals surface area (Å²) in [7, 11) is 0. The van der Waals surface area contributed by atoms with Crippen molar-refractivity contribution in [3.8, 4) is 11.4 Å². The molecular formula is C18H12N6. The zero-order chi connectivity index (χ0) is 15.9. The van der Waals surface area contributed by atoms with Gasteiger partial charge in [-0.05, 0) is 36.4 Å². The van der Waals surface area contributed by atoms with Gasteiger partial charge in [0.25, 0.3) is 0 Å². The summed E-state index contributed by atoms with van der Waals surface area (Å²) in [5.41, 5.74) is 4.92. The van der Waals surface area contributed by atoms with Crippen LogP contribution >= 0.6 is 0 Å². The first-order chi connectivity index (χ1) is 11.9. The van der Waals surface area contributed by atoms with E-state index >= 15 is 0 Å². The Bertz CT molecular complexity index is 1050. The van der Waals surface area contributed by atoms with Crippen LogP contribution in [-0.2, 0) is 0 Å². The van der Waals surface area contributed by atoms with Crippen LogP contribution in [0.3, 0.4) is 0 Å². The molecule has 0 aliphatic rings. The Labute approximate surface area is 136 Å². The first-order valence-electron chi connectivity index (χ1n) is 7.62. The van der Waals surface area contributed by atoms with Gasteiger partial charge in [0.1, 0.15) is 22.1 Å². The molecule has 0 unspecified atom stereocenters. The van der Waals surface area contributed by atoms with E-state index in [9.17, 15) is 0 Å². The van der Waals surface area contributed by atoms with E-state index in [0.717, 1.165) is 33.4 Å². The van der Waals surface area contributed by atoms with Gasteiger partial charge in [-0.2, -0.15) is 9.59 Å². The van der Waals surface area contributed by atoms with Crippen LogP contribution in [0.15, 0.2) is 72.8 Å². The Morgan fingerprint density at radius 1 is 0.458 bits per heavy atom. The van der Waals surface area contributed by atoms with E-state index in [-0.39, 0.29) is 0 Å². The molecule has 0 bridgehead atoms. The number of nitrogens with zero attached hydrogens (tertiary/aromatic N) is 6. The predicted molar refractivity (Wildman–Crippen MR) is 91.3 cm³/mol. The van der Waals surface area contributed by atoms with Crippen molar-refractivity contribution in [2.24, 2.45) is 0 Å². The molecule has 114 valence electrons. The molecule has 5 aromatic rings. The van der Waals surface area contributed by atoms with Crippen LogP contribution in [0, 0.1) is 0 Å². The lowest BCUT2D eigenvalue weighted by Crippen LogP contribution is -1.98. The van der Waals surface area contributed by atoms with E-state index < -0.39 is 0 Å². The number of hydrogen-bond acceptors (Lipinski definition) is 4. The fraction of sp³-hybridized carbons (Fsp3) is 0. The van der Waals surface area contributed by atoms with Gasteiger partial charge in [-0.1, -0.05) is 36.4 Å². The quantitative estimate of drug-likeness (QED) is 0.502. The maximum atomic E-state index is 4.61. The third-order valence-electron chi connectivity index (χ3n) is 3.88. The lowest BCUT2D eigenvalue weighted by Gasteiger charge is -1.96. The summed E-state index contributed by atoms with van der Waals surface area (Å²) < 4.78 is 0. The zero-order valence-corrected chi connectivity index (χ0v) is 12.6. The molecule has 6 nitrogen and oxygen atoms in total. The number of aromatic nitrogens is 6. The maximum Gasteiger partial charge on any atom is 0.143 e. The van der Waals surface area contributed by atoms with Gasteiger partial charge in [-0.15, -0.1) is 20.4 Å². The van der Waals surface area contributed by atoms with E-state index in [0.29, 0.717) is 0 Å². The molecule has 0 aliphatic carbocycles. The predicted octanol–water partition coefficient (Wildman–Crippen LogP) is 3.15. The first-order valence-corrected chi connectivity index (χ1v) is 7.62. The summed E-state index contributed by atoms with van der Waals surface area (Å²) in [4.78, 5) is 3.26. The fourth-order valence-corrected chi connectivity index (χ4v) is 2.71. The minimum atomic E-state index is 0.749. The second-order valence-electron chi connectivity index (χ2n) is 5.45. The average molecular weight is 312 g/mol. The van der Waals surface area contributed by atoms with Gasteiger partial charge in [0.05, 0.1) is 11.4 Å². The molecule has 0 N–H and O–H groups in total. The largest absolute Gasteiger partial charge is 0.150 e. The molecule has 2 heterocycles. The van der Waals surface area contributed by atoms with E-state index in [1.807, 2.05) is 72.8 Å². The SMILES string of the molecule is c1ccc(-n2nc3ccc4nn(-c5ccccc5)nc4c3n2)cc1. The molecule has 0 fully saturated rings. The van der Waals surface area contributed by atoms with E-state index in [1.54, 1.807) is 9.59 Å². The summed E-state index contributed by atoms with van der Waals surface area (Å²) in [6, 6.07) is 23.5. The van der Waals surface area contributed by atoms with Gasteiger partial charge in [0.2, 0.25) is 0 Å². The van der Waals surface area contributed by atoms with Crippen LogP contribution in [-0.4, -0.2) is 30.0 Å². The van der Waals surface area contributed by atoms with Crippen molar-refractivity contribution >= 4 is 22.1 Å². The van der Waals surface area contributed by atoms with Crippen LogP contribution in [0.5, 0.6) is 0 Å². The van der Waals surface area contributed by atoms with Crippen molar-refractivity contribution in [2.45, 2.75) is 0 Å². The Balaban J connectivity index is 1.72. The molecule has 0 saturated heterocycles. The number of rotatable bonds is 2. The van der Waals surface area contributed by atoms with Crippen LogP contribution < -0.4 is 0 Å². The van der Waals surface area contributed by atoms with Crippen LogP contribution in [0.25, 0.3) is 33.4 Å². The molecule has 0 radical (unpaired) electrons. The van der Waals surface area contributed by atoms with Crippen molar-refractivity contribution < 1.29 is 0 Å². The summed E-state index contributed by atoms with van der Waals surface area (Å²) in [6.07, 6.45) is 0. The van der Waals surface area contributed by atoms with Gasteiger partial charge in [0.15, 0.2) is 0 Å². The highest BCUT2D eigenvalue weighted by Crippen LogP contribution is 2.21. The standard InChI is InChI=1S/C18H12N6/c1-3-7-13(8-4-1)23-19-15-11-12-16-18(17(15)21-23)22-24(20-16)14-9-5-2-6-10-14/h1-12H. The normalized spacial score (nSPS) is 11.3. The summed E-state index contributed by atoms with van der Waals surface area (Å²) in [5.74, 6) is 0. The lowest BCUT2D eigenvalue weighted by atomic mass is 10.3. The van der Waals surface area contributed by atoms with E-state index in [1.165, 1.54) is 0 Å². The smallest absolute Gasteiger partial charge is 0.143 e. The summed E-state index contributed by atoms with van der Waals surface area (Å²) in [6.45, 7) is 0. The van der Waals surface area contributed by atoms with Crippen molar-refractivity contribution in [3.05, 3.63) is 72.8 Å². The second kappa shape index (κ2) is 4.99. The highest BCUT2D eigenvalue weighted by molar-refractivity contribution is 5.99. The average Bonchev–Trinajstić information content (AvgIpc) is 3.27. The number of para-hydroxylation sites is 2. The monoisotopic (exact) mass is 312 g/mol. The molecule has 0 atom stereocenters. The first kappa shape index (κ1) is 13.0. The number of fused-ring (bicyclic) bond motifs is 3. The maximum absolute atomic E-state index is 4.61. The Kier molecular flexibility index (Phi) is 2.69. The van der Waals surface area contributed by atoms with Crippen molar-refractivity contribution in [3.63, 3.8) is 0 Å². The van der Waals surface area contributed by atoms with E-state index in [4.69, 9.17) is 0 Å². The minimum Gasteiger partial charge on any atom is -0.150 e. The molecule has 0 aliphatic heterocycles. The van der Waals surface area contributed by atoms with Gasteiger partial charge in [0, 0.05) is 0 Å². The summed E-state index contributed by atoms with van der Waals surface area (Å²) in [5, 5.41) is 18.3. The van der Waals surface area contributed by atoms with E-state index in [2.05, 4.69) is 20.4 Å². The molecule has 6 heteroatoms. The van der Waals surface area contributed by atoms with Gasteiger partial charge >= 0.3 is 0 Å². The van der Waals surface area contributed by atoms with Crippen molar-refractivity contribution in [1.29, 1.82) is 0 Å². The third kappa shape index (κ3) is 1.97. The van der Waals surface area contributed by atoms with Crippen molar-refractivity contribution in [1.82, 2.24) is 30.0 Å². The van der Waals surface area contributed by atoms with Gasteiger partial charge in [-0.25, -0.2) is 0 Å². The number of hydrogen-bond donors (Lipinski definition) is 0. The molecule has 0 amide bonds. The topological polar surface area (TPSA) is 61.4 Å². The molecule has 0 spiro atoms. The molecule has 2 aromatic heterocycles. The summed E-state index contributed by atoms with van der Waals surface area (Å²) >= 11 is 0.